The molecule has 6 heteroatoms. The van der Waals surface area contributed by atoms with E-state index in [0.29, 0.717) is 6.54 Å². The molecule has 1 saturated carbocycles. The standard InChI is InChI=1S/C19H29N5O/c1-3-20-19(21-10-5-11-25-14-16-8-9-16)22-12-17-13-24-15(2)6-4-7-18(24)23-17/h4,6-7,13,16H,3,5,8-12,14H2,1-2H3,(H2,20,21,22). The lowest BCUT2D eigenvalue weighted by Gasteiger charge is -2.11. The van der Waals surface area contributed by atoms with Gasteiger partial charge < -0.3 is 19.8 Å². The van der Waals surface area contributed by atoms with E-state index in [1.807, 2.05) is 12.1 Å². The summed E-state index contributed by atoms with van der Waals surface area (Å²) in [5.41, 5.74) is 3.12. The van der Waals surface area contributed by atoms with Crippen molar-refractivity contribution in [3.05, 3.63) is 35.8 Å². The van der Waals surface area contributed by atoms with Crippen LogP contribution in [0.1, 0.15) is 37.6 Å². The highest BCUT2D eigenvalue weighted by molar-refractivity contribution is 5.79. The molecule has 2 aromatic heterocycles. The molecule has 1 aliphatic carbocycles. The van der Waals surface area contributed by atoms with Crippen molar-refractivity contribution < 1.29 is 4.74 Å². The zero-order valence-corrected chi connectivity index (χ0v) is 15.3. The van der Waals surface area contributed by atoms with Crippen LogP contribution in [0.5, 0.6) is 0 Å². The summed E-state index contributed by atoms with van der Waals surface area (Å²) < 4.78 is 7.76. The number of aromatic nitrogens is 2. The zero-order chi connectivity index (χ0) is 17.5. The Morgan fingerprint density at radius 2 is 2.24 bits per heavy atom. The monoisotopic (exact) mass is 343 g/mol. The van der Waals surface area contributed by atoms with Crippen molar-refractivity contribution in [2.45, 2.75) is 39.7 Å². The predicted molar refractivity (Wildman–Crippen MR) is 101 cm³/mol. The van der Waals surface area contributed by atoms with Crippen LogP contribution >= 0.6 is 0 Å². The van der Waals surface area contributed by atoms with Crippen LogP contribution in [0.4, 0.5) is 0 Å². The summed E-state index contributed by atoms with van der Waals surface area (Å²) >= 11 is 0. The predicted octanol–water partition coefficient (Wildman–Crippen LogP) is 2.51. The summed E-state index contributed by atoms with van der Waals surface area (Å²) in [7, 11) is 0. The fraction of sp³-hybridized carbons (Fsp3) is 0.579. The van der Waals surface area contributed by atoms with Gasteiger partial charge in [-0.2, -0.15) is 0 Å². The Kier molecular flexibility index (Phi) is 6.28. The molecule has 0 unspecified atom stereocenters. The van der Waals surface area contributed by atoms with E-state index in [4.69, 9.17) is 4.74 Å². The van der Waals surface area contributed by atoms with Crippen LogP contribution in [-0.4, -0.2) is 41.6 Å². The number of aliphatic imine (C=N–C) groups is 1. The van der Waals surface area contributed by atoms with Crippen molar-refractivity contribution in [2.75, 3.05) is 26.3 Å². The fourth-order valence-corrected chi connectivity index (χ4v) is 2.69. The Morgan fingerprint density at radius 3 is 3.00 bits per heavy atom. The van der Waals surface area contributed by atoms with Crippen molar-refractivity contribution in [2.24, 2.45) is 10.9 Å². The topological polar surface area (TPSA) is 63.0 Å². The van der Waals surface area contributed by atoms with Gasteiger partial charge in [0.25, 0.3) is 0 Å². The first-order valence-corrected chi connectivity index (χ1v) is 9.30. The lowest BCUT2D eigenvalue weighted by atomic mass is 10.4. The maximum atomic E-state index is 5.66. The molecule has 0 amide bonds. The molecule has 1 aliphatic rings. The second-order valence-electron chi connectivity index (χ2n) is 6.62. The van der Waals surface area contributed by atoms with Gasteiger partial charge in [-0.25, -0.2) is 9.98 Å². The summed E-state index contributed by atoms with van der Waals surface area (Å²) in [6, 6.07) is 6.13. The van der Waals surface area contributed by atoms with Gasteiger partial charge in [0, 0.05) is 38.2 Å². The number of hydrogen-bond donors (Lipinski definition) is 2. The molecule has 2 heterocycles. The molecule has 6 nitrogen and oxygen atoms in total. The summed E-state index contributed by atoms with van der Waals surface area (Å²) in [5.74, 6) is 1.67. The third kappa shape index (κ3) is 5.46. The van der Waals surface area contributed by atoms with Crippen LogP contribution in [0.2, 0.25) is 0 Å². The molecule has 0 bridgehead atoms. The summed E-state index contributed by atoms with van der Waals surface area (Å²) in [4.78, 5) is 9.27. The Morgan fingerprint density at radius 1 is 1.36 bits per heavy atom. The van der Waals surface area contributed by atoms with Gasteiger partial charge in [-0.3, -0.25) is 0 Å². The first-order chi connectivity index (χ1) is 12.3. The van der Waals surface area contributed by atoms with Crippen molar-refractivity contribution >= 4 is 11.6 Å². The number of aryl methyl sites for hydroxylation is 1. The molecule has 25 heavy (non-hydrogen) atoms. The molecule has 2 aromatic rings. The maximum Gasteiger partial charge on any atom is 0.191 e. The van der Waals surface area contributed by atoms with Gasteiger partial charge >= 0.3 is 0 Å². The van der Waals surface area contributed by atoms with Crippen LogP contribution in [0.3, 0.4) is 0 Å². The second-order valence-corrected chi connectivity index (χ2v) is 6.62. The fourth-order valence-electron chi connectivity index (χ4n) is 2.69. The minimum absolute atomic E-state index is 0.564. The smallest absolute Gasteiger partial charge is 0.191 e. The molecule has 0 atom stereocenters. The molecular weight excluding hydrogens is 314 g/mol. The van der Waals surface area contributed by atoms with Crippen LogP contribution in [-0.2, 0) is 11.3 Å². The molecular formula is C19H29N5O. The number of imidazole rings is 1. The number of ether oxygens (including phenoxy) is 1. The minimum Gasteiger partial charge on any atom is -0.381 e. The minimum atomic E-state index is 0.564. The number of pyridine rings is 1. The summed E-state index contributed by atoms with van der Waals surface area (Å²) in [5, 5.41) is 6.64. The Balaban J connectivity index is 1.47. The van der Waals surface area contributed by atoms with Crippen LogP contribution < -0.4 is 10.6 Å². The molecule has 0 spiro atoms. The molecule has 0 aliphatic heterocycles. The first kappa shape index (κ1) is 17.7. The molecule has 3 rings (SSSR count). The number of fused-ring (bicyclic) bond motifs is 1. The van der Waals surface area contributed by atoms with Crippen molar-refractivity contribution in [3.63, 3.8) is 0 Å². The normalized spacial score (nSPS) is 14.9. The second kappa shape index (κ2) is 8.85. The molecule has 0 saturated heterocycles. The van der Waals surface area contributed by atoms with E-state index in [0.717, 1.165) is 55.9 Å². The number of guanidine groups is 1. The average molecular weight is 343 g/mol. The van der Waals surface area contributed by atoms with Crippen LogP contribution in [0.15, 0.2) is 29.4 Å². The quantitative estimate of drug-likeness (QED) is 0.417. The number of nitrogens with one attached hydrogen (secondary N) is 2. The molecule has 2 N–H and O–H groups in total. The Hall–Kier alpha value is -2.08. The van der Waals surface area contributed by atoms with E-state index < -0.39 is 0 Å². The van der Waals surface area contributed by atoms with E-state index in [2.05, 4.69) is 51.1 Å². The van der Waals surface area contributed by atoms with Crippen molar-refractivity contribution in [1.82, 2.24) is 20.0 Å². The largest absolute Gasteiger partial charge is 0.381 e. The molecule has 0 aromatic carbocycles. The van der Waals surface area contributed by atoms with Gasteiger partial charge in [0.2, 0.25) is 0 Å². The molecule has 0 radical (unpaired) electrons. The zero-order valence-electron chi connectivity index (χ0n) is 15.3. The van der Waals surface area contributed by atoms with Crippen LogP contribution in [0, 0.1) is 12.8 Å². The average Bonchev–Trinajstić information content (AvgIpc) is 3.33. The number of rotatable bonds is 9. The Bertz CT molecular complexity index is 705. The number of nitrogens with zero attached hydrogens (tertiary/aromatic N) is 3. The van der Waals surface area contributed by atoms with Crippen molar-refractivity contribution in [3.8, 4) is 0 Å². The van der Waals surface area contributed by atoms with Crippen molar-refractivity contribution in [1.29, 1.82) is 0 Å². The third-order valence-corrected chi connectivity index (χ3v) is 4.30. The van der Waals surface area contributed by atoms with Gasteiger partial charge in [0.05, 0.1) is 12.2 Å². The highest BCUT2D eigenvalue weighted by Gasteiger charge is 2.20. The van der Waals surface area contributed by atoms with Gasteiger partial charge in [-0.15, -0.1) is 0 Å². The van der Waals surface area contributed by atoms with Crippen LogP contribution in [0.25, 0.3) is 5.65 Å². The highest BCUT2D eigenvalue weighted by atomic mass is 16.5. The molecule has 1 fully saturated rings. The maximum absolute atomic E-state index is 5.66. The lowest BCUT2D eigenvalue weighted by molar-refractivity contribution is 0.123. The van der Waals surface area contributed by atoms with Gasteiger partial charge in [0.15, 0.2) is 5.96 Å². The van der Waals surface area contributed by atoms with Gasteiger partial charge in [-0.1, -0.05) is 6.07 Å². The Labute approximate surface area is 149 Å². The van der Waals surface area contributed by atoms with E-state index in [9.17, 15) is 0 Å². The molecule has 136 valence electrons. The number of hydrogen-bond acceptors (Lipinski definition) is 3. The van der Waals surface area contributed by atoms with E-state index in [1.54, 1.807) is 0 Å². The van der Waals surface area contributed by atoms with Gasteiger partial charge in [0.1, 0.15) is 5.65 Å². The SMILES string of the molecule is CCNC(=NCc1cn2c(C)cccc2n1)NCCCOCC1CC1. The lowest BCUT2D eigenvalue weighted by Crippen LogP contribution is -2.38. The first-order valence-electron chi connectivity index (χ1n) is 9.30. The summed E-state index contributed by atoms with van der Waals surface area (Å²) in [6.07, 6.45) is 5.74. The summed E-state index contributed by atoms with van der Waals surface area (Å²) in [6.45, 7) is 8.17. The third-order valence-electron chi connectivity index (χ3n) is 4.30. The van der Waals surface area contributed by atoms with Gasteiger partial charge in [-0.05, 0) is 51.2 Å². The van der Waals surface area contributed by atoms with E-state index in [1.165, 1.54) is 18.5 Å². The van der Waals surface area contributed by atoms with E-state index >= 15 is 0 Å². The highest BCUT2D eigenvalue weighted by Crippen LogP contribution is 2.28. The van der Waals surface area contributed by atoms with E-state index in [-0.39, 0.29) is 0 Å².